The zero-order valence-electron chi connectivity index (χ0n) is 14.5. The number of thiophene rings is 1. The van der Waals surface area contributed by atoms with Gasteiger partial charge in [0, 0.05) is 43.7 Å². The van der Waals surface area contributed by atoms with Crippen molar-refractivity contribution in [3.8, 4) is 0 Å². The lowest BCUT2D eigenvalue weighted by Gasteiger charge is -2.21. The zero-order valence-corrected chi connectivity index (χ0v) is 17.7. The first-order chi connectivity index (χ1) is 12.2. The van der Waals surface area contributed by atoms with Gasteiger partial charge in [0.1, 0.15) is 11.6 Å². The molecule has 2 aromatic rings. The number of guanidine groups is 1. The maximum Gasteiger partial charge on any atom is 0.191 e. The lowest BCUT2D eigenvalue weighted by Crippen LogP contribution is -2.45. The van der Waals surface area contributed by atoms with E-state index in [0.29, 0.717) is 12.2 Å². The average molecular weight is 492 g/mol. The Morgan fingerprint density at radius 1 is 1.35 bits per heavy atom. The van der Waals surface area contributed by atoms with Gasteiger partial charge in [0.15, 0.2) is 5.96 Å². The minimum absolute atomic E-state index is 0. The lowest BCUT2D eigenvalue weighted by atomic mass is 10.2. The summed E-state index contributed by atoms with van der Waals surface area (Å²) in [5.74, 6) is -0.312. The van der Waals surface area contributed by atoms with Crippen LogP contribution in [0.2, 0.25) is 0 Å². The molecule has 0 amide bonds. The molecule has 26 heavy (non-hydrogen) atoms. The van der Waals surface area contributed by atoms with E-state index in [4.69, 9.17) is 0 Å². The molecule has 0 aliphatic carbocycles. The van der Waals surface area contributed by atoms with Gasteiger partial charge in [-0.3, -0.25) is 4.99 Å². The average Bonchev–Trinajstić information content (AvgIpc) is 3.26. The Labute approximate surface area is 173 Å². The highest BCUT2D eigenvalue weighted by Gasteiger charge is 2.25. The molecule has 1 aliphatic heterocycles. The summed E-state index contributed by atoms with van der Waals surface area (Å²) in [6.07, 6.45) is 1.83. The summed E-state index contributed by atoms with van der Waals surface area (Å²) in [7, 11) is 1.74. The van der Waals surface area contributed by atoms with E-state index in [-0.39, 0.29) is 30.0 Å². The van der Waals surface area contributed by atoms with Crippen molar-refractivity contribution in [2.75, 3.05) is 31.6 Å². The highest BCUT2D eigenvalue weighted by atomic mass is 127. The molecular formula is C18H23F2IN4S. The summed E-state index contributed by atoms with van der Waals surface area (Å²) in [5.41, 5.74) is 0.450. The Balaban J connectivity index is 0.00000243. The maximum atomic E-state index is 13.9. The number of anilines is 1. The normalized spacial score (nSPS) is 17.1. The predicted octanol–water partition coefficient (Wildman–Crippen LogP) is 3.63. The van der Waals surface area contributed by atoms with E-state index >= 15 is 0 Å². The number of hydrogen-bond acceptors (Lipinski definition) is 3. The highest BCUT2D eigenvalue weighted by molar-refractivity contribution is 14.0. The first-order valence-corrected chi connectivity index (χ1v) is 9.23. The predicted molar refractivity (Wildman–Crippen MR) is 115 cm³/mol. The van der Waals surface area contributed by atoms with Crippen LogP contribution < -0.4 is 15.5 Å². The van der Waals surface area contributed by atoms with Crippen LogP contribution in [0.25, 0.3) is 0 Å². The van der Waals surface area contributed by atoms with E-state index in [9.17, 15) is 8.78 Å². The van der Waals surface area contributed by atoms with Gasteiger partial charge in [0.05, 0.1) is 5.69 Å². The van der Waals surface area contributed by atoms with E-state index < -0.39 is 11.6 Å². The first kappa shape index (κ1) is 20.9. The van der Waals surface area contributed by atoms with E-state index in [0.717, 1.165) is 38.0 Å². The maximum absolute atomic E-state index is 13.9. The van der Waals surface area contributed by atoms with Gasteiger partial charge in [-0.05, 0) is 36.4 Å². The van der Waals surface area contributed by atoms with Crippen molar-refractivity contribution >= 4 is 47.0 Å². The van der Waals surface area contributed by atoms with Crippen LogP contribution in [-0.4, -0.2) is 38.7 Å². The molecule has 4 nitrogen and oxygen atoms in total. The second kappa shape index (κ2) is 10.1. The quantitative estimate of drug-likeness (QED) is 0.381. The molecule has 2 heterocycles. The Kier molecular flexibility index (Phi) is 8.08. The molecule has 1 aliphatic rings. The van der Waals surface area contributed by atoms with Crippen molar-refractivity contribution in [1.29, 1.82) is 0 Å². The van der Waals surface area contributed by atoms with Gasteiger partial charge in [0.2, 0.25) is 0 Å². The van der Waals surface area contributed by atoms with Crippen LogP contribution in [0.15, 0.2) is 40.7 Å². The molecule has 0 bridgehead atoms. The topological polar surface area (TPSA) is 39.7 Å². The molecule has 0 radical (unpaired) electrons. The van der Waals surface area contributed by atoms with Gasteiger partial charge in [-0.1, -0.05) is 6.07 Å². The molecule has 0 spiro atoms. The van der Waals surface area contributed by atoms with Gasteiger partial charge in [0.25, 0.3) is 0 Å². The molecule has 8 heteroatoms. The fourth-order valence-electron chi connectivity index (χ4n) is 2.98. The van der Waals surface area contributed by atoms with Crippen LogP contribution in [0, 0.1) is 11.6 Å². The first-order valence-electron chi connectivity index (χ1n) is 8.35. The fourth-order valence-corrected chi connectivity index (χ4v) is 3.69. The largest absolute Gasteiger partial charge is 0.367 e. The van der Waals surface area contributed by atoms with Crippen molar-refractivity contribution in [3.63, 3.8) is 0 Å². The van der Waals surface area contributed by atoms with Crippen LogP contribution in [0.5, 0.6) is 0 Å². The van der Waals surface area contributed by atoms with Gasteiger partial charge >= 0.3 is 0 Å². The van der Waals surface area contributed by atoms with Crippen molar-refractivity contribution in [3.05, 3.63) is 52.2 Å². The van der Waals surface area contributed by atoms with E-state index in [1.165, 1.54) is 17.0 Å². The summed E-state index contributed by atoms with van der Waals surface area (Å²) >= 11 is 1.75. The molecule has 1 aromatic heterocycles. The number of rotatable bonds is 5. The molecular weight excluding hydrogens is 469 g/mol. The zero-order chi connectivity index (χ0) is 17.6. The lowest BCUT2D eigenvalue weighted by molar-refractivity contribution is 0.580. The number of hydrogen-bond donors (Lipinski definition) is 2. The molecule has 1 unspecified atom stereocenters. The Morgan fingerprint density at radius 2 is 2.19 bits per heavy atom. The molecule has 1 aromatic carbocycles. The molecule has 2 N–H and O–H groups in total. The Bertz CT molecular complexity index is 724. The highest BCUT2D eigenvalue weighted by Crippen LogP contribution is 2.24. The molecule has 1 saturated heterocycles. The summed E-state index contributed by atoms with van der Waals surface area (Å²) < 4.78 is 27.0. The Morgan fingerprint density at radius 3 is 2.88 bits per heavy atom. The number of aliphatic imine (C=N–C) groups is 1. The third-order valence-corrected chi connectivity index (χ3v) is 5.18. The van der Waals surface area contributed by atoms with Gasteiger partial charge < -0.3 is 15.5 Å². The number of benzene rings is 1. The number of halogens is 3. The fraction of sp³-hybridized carbons (Fsp3) is 0.389. The van der Waals surface area contributed by atoms with Crippen LogP contribution >= 0.6 is 35.3 Å². The number of nitrogens with one attached hydrogen (secondary N) is 2. The minimum Gasteiger partial charge on any atom is -0.367 e. The van der Waals surface area contributed by atoms with Crippen molar-refractivity contribution in [2.45, 2.75) is 18.9 Å². The molecule has 0 saturated carbocycles. The number of nitrogens with zero attached hydrogens (tertiary/aromatic N) is 2. The van der Waals surface area contributed by atoms with Crippen LogP contribution in [-0.2, 0) is 6.42 Å². The second-order valence-electron chi connectivity index (χ2n) is 6.00. The third kappa shape index (κ3) is 5.54. The SMILES string of the molecule is CN=C(NCCc1cccs1)NC1CCN(c2ccc(F)cc2F)C1.I. The third-order valence-electron chi connectivity index (χ3n) is 4.25. The smallest absolute Gasteiger partial charge is 0.191 e. The van der Waals surface area contributed by atoms with Crippen molar-refractivity contribution in [2.24, 2.45) is 4.99 Å². The molecule has 142 valence electrons. The molecule has 3 rings (SSSR count). The monoisotopic (exact) mass is 492 g/mol. The van der Waals surface area contributed by atoms with Crippen LogP contribution in [0.3, 0.4) is 0 Å². The van der Waals surface area contributed by atoms with E-state index in [1.807, 2.05) is 4.90 Å². The van der Waals surface area contributed by atoms with Crippen molar-refractivity contribution < 1.29 is 8.78 Å². The van der Waals surface area contributed by atoms with E-state index in [2.05, 4.69) is 33.1 Å². The Hall–Kier alpha value is -1.42. The van der Waals surface area contributed by atoms with Gasteiger partial charge in [-0.2, -0.15) is 0 Å². The standard InChI is InChI=1S/C18H22F2N4S.HI/c1-21-18(22-8-6-15-3-2-10-25-15)23-14-7-9-24(12-14)17-5-4-13(19)11-16(17)20;/h2-5,10-11,14H,6-9,12H2,1H3,(H2,21,22,23);1H. The van der Waals surface area contributed by atoms with Gasteiger partial charge in [-0.25, -0.2) is 8.78 Å². The summed E-state index contributed by atoms with van der Waals surface area (Å²) in [6.45, 7) is 2.20. The van der Waals surface area contributed by atoms with Crippen LogP contribution in [0.4, 0.5) is 14.5 Å². The summed E-state index contributed by atoms with van der Waals surface area (Å²) in [4.78, 5) is 7.52. The van der Waals surface area contributed by atoms with E-state index in [1.54, 1.807) is 18.4 Å². The summed E-state index contributed by atoms with van der Waals surface area (Å²) in [6, 6.07) is 8.08. The van der Waals surface area contributed by atoms with Gasteiger partial charge in [-0.15, -0.1) is 35.3 Å². The molecule has 1 fully saturated rings. The minimum atomic E-state index is -0.550. The second-order valence-corrected chi connectivity index (χ2v) is 7.03. The van der Waals surface area contributed by atoms with Crippen LogP contribution in [0.1, 0.15) is 11.3 Å². The van der Waals surface area contributed by atoms with Crippen molar-refractivity contribution in [1.82, 2.24) is 10.6 Å². The summed E-state index contributed by atoms with van der Waals surface area (Å²) in [5, 5.41) is 8.77. The molecule has 1 atom stereocenters.